The molecule has 0 unspecified atom stereocenters. The summed E-state index contributed by atoms with van der Waals surface area (Å²) >= 11 is 0. The first-order chi connectivity index (χ1) is 27.0. The van der Waals surface area contributed by atoms with Crippen LogP contribution in [-0.4, -0.2) is 118 Å². The third-order valence-electron chi connectivity index (χ3n) is 10.3. The maximum Gasteiger partial charge on any atom is 0.254 e. The molecule has 1 N–H and O–H groups in total. The molecule has 298 valence electrons. The van der Waals surface area contributed by atoms with Crippen LogP contribution in [0.25, 0.3) is 0 Å². The molecule has 56 heavy (non-hydrogen) atoms. The Bertz CT molecular complexity index is 1890. The quantitative estimate of drug-likeness (QED) is 0.195. The number of hydrogen-bond acceptors (Lipinski definition) is 9. The summed E-state index contributed by atoms with van der Waals surface area (Å²) < 4.78 is 22.5. The molecule has 0 aliphatic carbocycles. The van der Waals surface area contributed by atoms with Gasteiger partial charge in [0.15, 0.2) is 23.0 Å². The molecule has 4 aliphatic rings. The van der Waals surface area contributed by atoms with Gasteiger partial charge in [-0.05, 0) is 79.8 Å². The van der Waals surface area contributed by atoms with Gasteiger partial charge in [-0.1, -0.05) is 60.7 Å². The lowest BCUT2D eigenvalue weighted by Crippen LogP contribution is -2.42. The Morgan fingerprint density at radius 2 is 1.16 bits per heavy atom. The first kappa shape index (κ1) is 42.1. The number of nitrogens with zero attached hydrogens (tertiary/aromatic N) is 3. The molecule has 4 heterocycles. The molecule has 2 fully saturated rings. The topological polar surface area (TPSA) is 110 Å². The summed E-state index contributed by atoms with van der Waals surface area (Å²) in [5.41, 5.74) is 3.85. The van der Waals surface area contributed by atoms with Gasteiger partial charge in [0.25, 0.3) is 11.8 Å². The van der Waals surface area contributed by atoms with E-state index in [1.807, 2.05) is 95.9 Å². The lowest BCUT2D eigenvalue weighted by atomic mass is 9.99. The molecular weight excluding hydrogens is 732 g/mol. The number of ether oxygens (including phenoxy) is 4. The fraction of sp³-hybridized carbons (Fsp3) is 0.386. The van der Waals surface area contributed by atoms with Gasteiger partial charge in [-0.2, -0.15) is 0 Å². The van der Waals surface area contributed by atoms with Crippen molar-refractivity contribution in [1.82, 2.24) is 20.0 Å². The molecule has 2 atom stereocenters. The molecule has 4 aliphatic heterocycles. The minimum absolute atomic E-state index is 0. The number of amides is 2. The number of carbonyl (C=O) groups is 3. The lowest BCUT2D eigenvalue weighted by Gasteiger charge is -2.30. The van der Waals surface area contributed by atoms with Gasteiger partial charge in [0.1, 0.15) is 18.5 Å². The van der Waals surface area contributed by atoms with E-state index in [-0.39, 0.29) is 43.0 Å². The number of carbonyl (C=O) groups excluding carboxylic acids is 3. The van der Waals surface area contributed by atoms with Crippen molar-refractivity contribution in [2.45, 2.75) is 37.9 Å². The number of halogens is 1. The van der Waals surface area contributed by atoms with Gasteiger partial charge in [0, 0.05) is 56.9 Å². The summed E-state index contributed by atoms with van der Waals surface area (Å²) in [6, 6.07) is 31.0. The van der Waals surface area contributed by atoms with Gasteiger partial charge in [-0.15, -0.1) is 12.4 Å². The number of rotatable bonds is 11. The fourth-order valence-corrected chi connectivity index (χ4v) is 7.30. The second kappa shape index (κ2) is 21.3. The number of methoxy groups -OCH3 is 2. The summed E-state index contributed by atoms with van der Waals surface area (Å²) in [4.78, 5) is 40.7. The second-order valence-electron chi connectivity index (χ2n) is 13.9. The Morgan fingerprint density at radius 1 is 0.643 bits per heavy atom. The van der Waals surface area contributed by atoms with Crippen LogP contribution in [0.5, 0.6) is 23.0 Å². The molecule has 0 radical (unpaired) electrons. The average Bonchev–Trinajstić information content (AvgIpc) is 3.92. The molecule has 0 aromatic heterocycles. The van der Waals surface area contributed by atoms with Crippen molar-refractivity contribution in [3.8, 4) is 23.0 Å². The smallest absolute Gasteiger partial charge is 0.254 e. The van der Waals surface area contributed by atoms with Gasteiger partial charge in [0.05, 0.1) is 20.8 Å². The van der Waals surface area contributed by atoms with Crippen molar-refractivity contribution in [2.24, 2.45) is 0 Å². The summed E-state index contributed by atoms with van der Waals surface area (Å²) in [5, 5.41) is 3.26. The highest BCUT2D eigenvalue weighted by atomic mass is 35.5. The molecule has 4 aromatic rings. The highest BCUT2D eigenvalue weighted by molar-refractivity contribution is 5.97. The van der Waals surface area contributed by atoms with E-state index in [1.165, 1.54) is 5.56 Å². The van der Waals surface area contributed by atoms with Crippen LogP contribution in [0.1, 0.15) is 44.7 Å². The summed E-state index contributed by atoms with van der Waals surface area (Å²) in [5.74, 6) is 3.35. The van der Waals surface area contributed by atoms with Gasteiger partial charge in [0.2, 0.25) is 0 Å². The molecule has 12 heteroatoms. The summed E-state index contributed by atoms with van der Waals surface area (Å²) in [6.07, 6.45) is 5.07. The Morgan fingerprint density at radius 3 is 1.71 bits per heavy atom. The van der Waals surface area contributed by atoms with E-state index in [4.69, 9.17) is 18.9 Å². The van der Waals surface area contributed by atoms with Crippen LogP contribution in [-0.2, 0) is 17.6 Å². The molecule has 11 nitrogen and oxygen atoms in total. The van der Waals surface area contributed by atoms with Crippen LogP contribution in [0.2, 0.25) is 0 Å². The molecular formula is C44H53ClN4O7. The molecule has 8 rings (SSSR count). The van der Waals surface area contributed by atoms with E-state index >= 15 is 0 Å². The van der Waals surface area contributed by atoms with Crippen LogP contribution >= 0.6 is 12.4 Å². The number of hydrogen-bond donors (Lipinski definition) is 1. The van der Waals surface area contributed by atoms with Crippen LogP contribution in [0.3, 0.4) is 0 Å². The standard InChI is InChI=1S/C22H26N2O3.C11H15NO2.C11H11NO2.ClH/c1-26-20-8-4-5-9-21(20)27-18-11-12-23(16-18)14-15-24-13-10-17-6-2-3-7-19(17)22(24)25;1-13-10-4-2-3-5-11(10)14-9-6-7-12-8-9;13-8-7-12-6-5-9-3-1-2-4-10(9)11(12)14;/h2-9,18H,10-16H2,1H3;2-5,9,12H,6-8H2,1H3;1-4,8H,5-7H2;1H/t18-;9-;;/m11../s1. The molecule has 0 saturated carbocycles. The minimum atomic E-state index is -0.0287. The molecule has 0 spiro atoms. The number of para-hydroxylation sites is 4. The van der Waals surface area contributed by atoms with Crippen molar-refractivity contribution in [2.75, 3.05) is 73.1 Å². The zero-order valence-corrected chi connectivity index (χ0v) is 33.1. The lowest BCUT2D eigenvalue weighted by molar-refractivity contribution is -0.108. The van der Waals surface area contributed by atoms with E-state index in [9.17, 15) is 14.4 Å². The number of benzene rings is 4. The van der Waals surface area contributed by atoms with E-state index in [0.717, 1.165) is 117 Å². The number of nitrogens with one attached hydrogen (secondary N) is 1. The predicted molar refractivity (Wildman–Crippen MR) is 219 cm³/mol. The normalized spacial score (nSPS) is 18.5. The molecule has 4 aromatic carbocycles. The fourth-order valence-electron chi connectivity index (χ4n) is 7.30. The average molecular weight is 785 g/mol. The van der Waals surface area contributed by atoms with Crippen LogP contribution in [0.15, 0.2) is 97.1 Å². The van der Waals surface area contributed by atoms with Gasteiger partial charge >= 0.3 is 0 Å². The first-order valence-electron chi connectivity index (χ1n) is 19.2. The zero-order valence-electron chi connectivity index (χ0n) is 32.3. The zero-order chi connectivity index (χ0) is 38.4. The van der Waals surface area contributed by atoms with Gasteiger partial charge < -0.3 is 38.9 Å². The summed E-state index contributed by atoms with van der Waals surface area (Å²) in [6.45, 7) is 7.17. The van der Waals surface area contributed by atoms with Crippen molar-refractivity contribution in [3.05, 3.63) is 119 Å². The maximum absolute atomic E-state index is 12.7. The van der Waals surface area contributed by atoms with Crippen molar-refractivity contribution in [1.29, 1.82) is 0 Å². The van der Waals surface area contributed by atoms with Crippen LogP contribution in [0, 0.1) is 0 Å². The number of aldehydes is 1. The van der Waals surface area contributed by atoms with E-state index in [1.54, 1.807) is 19.1 Å². The monoisotopic (exact) mass is 784 g/mol. The molecule has 2 amide bonds. The van der Waals surface area contributed by atoms with Crippen LogP contribution in [0.4, 0.5) is 0 Å². The Hall–Kier alpha value is -5.10. The summed E-state index contributed by atoms with van der Waals surface area (Å²) in [7, 11) is 3.33. The largest absolute Gasteiger partial charge is 0.493 e. The second-order valence-corrected chi connectivity index (χ2v) is 13.9. The van der Waals surface area contributed by atoms with Crippen molar-refractivity contribution in [3.63, 3.8) is 0 Å². The molecule has 0 bridgehead atoms. The van der Waals surface area contributed by atoms with Crippen molar-refractivity contribution >= 4 is 30.5 Å². The van der Waals surface area contributed by atoms with Crippen molar-refractivity contribution < 1.29 is 33.3 Å². The highest BCUT2D eigenvalue weighted by Crippen LogP contribution is 2.29. The number of fused-ring (bicyclic) bond motifs is 2. The third kappa shape index (κ3) is 11.0. The third-order valence-corrected chi connectivity index (χ3v) is 10.3. The number of likely N-dealkylation sites (tertiary alicyclic amines) is 1. The van der Waals surface area contributed by atoms with E-state index in [0.29, 0.717) is 6.54 Å². The Labute approximate surface area is 336 Å². The SMILES string of the molecule is COc1ccccc1O[C@@H]1CCN(CCN2CCc3ccccc3C2=O)C1.COc1ccccc1O[C@@H]1CCNC1.Cl.O=CCN1CCc2ccccc2C1=O. The first-order valence-corrected chi connectivity index (χ1v) is 19.2. The van der Waals surface area contributed by atoms with E-state index < -0.39 is 0 Å². The Balaban J connectivity index is 0.000000175. The predicted octanol–water partition coefficient (Wildman–Crippen LogP) is 5.59. The van der Waals surface area contributed by atoms with Crippen LogP contribution < -0.4 is 24.3 Å². The van der Waals surface area contributed by atoms with E-state index in [2.05, 4.69) is 16.3 Å². The van der Waals surface area contributed by atoms with Gasteiger partial charge in [-0.25, -0.2) is 0 Å². The molecule has 2 saturated heterocycles. The maximum atomic E-state index is 12.7. The highest BCUT2D eigenvalue weighted by Gasteiger charge is 2.28. The van der Waals surface area contributed by atoms with Gasteiger partial charge in [-0.3, -0.25) is 14.5 Å². The minimum Gasteiger partial charge on any atom is -0.493 e. The Kier molecular flexibility index (Phi) is 16.0.